The van der Waals surface area contributed by atoms with E-state index in [1.165, 1.54) is 4.31 Å². The minimum atomic E-state index is -3.35. The van der Waals surface area contributed by atoms with E-state index in [9.17, 15) is 8.42 Å². The van der Waals surface area contributed by atoms with Gasteiger partial charge in [0.2, 0.25) is 0 Å². The van der Waals surface area contributed by atoms with Crippen molar-refractivity contribution in [2.45, 2.75) is 58.3 Å². The third-order valence-corrected chi connectivity index (χ3v) is 5.35. The smallest absolute Gasteiger partial charge is 0.279 e. The van der Waals surface area contributed by atoms with Gasteiger partial charge in [-0.05, 0) is 39.0 Å². The van der Waals surface area contributed by atoms with E-state index in [1.54, 1.807) is 0 Å². The first kappa shape index (κ1) is 14.2. The van der Waals surface area contributed by atoms with Gasteiger partial charge in [-0.15, -0.1) is 0 Å². The van der Waals surface area contributed by atoms with Gasteiger partial charge >= 0.3 is 0 Å². The van der Waals surface area contributed by atoms with Gasteiger partial charge in [0.1, 0.15) is 0 Å². The largest absolute Gasteiger partial charge is 0.373 e. The molecular weight excluding hydrogens is 252 g/mol. The Morgan fingerprint density at radius 3 is 2.22 bits per heavy atom. The maximum absolute atomic E-state index is 12.3. The molecule has 2 aliphatic rings. The van der Waals surface area contributed by atoms with E-state index in [1.807, 2.05) is 13.8 Å². The third-order valence-electron chi connectivity index (χ3n) is 3.74. The highest BCUT2D eigenvalue weighted by molar-refractivity contribution is 7.87. The summed E-state index contributed by atoms with van der Waals surface area (Å²) >= 11 is 0. The maximum Gasteiger partial charge on any atom is 0.279 e. The summed E-state index contributed by atoms with van der Waals surface area (Å²) in [6.07, 6.45) is 2.95. The van der Waals surface area contributed by atoms with E-state index in [4.69, 9.17) is 4.74 Å². The first-order valence-corrected chi connectivity index (χ1v) is 8.23. The fourth-order valence-corrected chi connectivity index (χ4v) is 4.52. The van der Waals surface area contributed by atoms with Crippen molar-refractivity contribution in [3.8, 4) is 0 Å². The van der Waals surface area contributed by atoms with Gasteiger partial charge in [-0.2, -0.15) is 17.4 Å². The molecule has 0 aromatic heterocycles. The van der Waals surface area contributed by atoms with Gasteiger partial charge < -0.3 is 4.74 Å². The summed E-state index contributed by atoms with van der Waals surface area (Å²) in [6, 6.07) is 0.110. The number of hydrogen-bond acceptors (Lipinski definition) is 3. The highest BCUT2D eigenvalue weighted by Gasteiger charge is 2.33. The Kier molecular flexibility index (Phi) is 4.31. The Morgan fingerprint density at radius 1 is 1.11 bits per heavy atom. The first-order chi connectivity index (χ1) is 8.37. The molecule has 0 aromatic rings. The molecule has 6 heteroatoms. The van der Waals surface area contributed by atoms with Crippen molar-refractivity contribution in [1.29, 1.82) is 0 Å². The van der Waals surface area contributed by atoms with Crippen LogP contribution in [0.25, 0.3) is 0 Å². The normalized spacial score (nSPS) is 39.1. The van der Waals surface area contributed by atoms with Crippen LogP contribution < -0.4 is 4.72 Å². The summed E-state index contributed by atoms with van der Waals surface area (Å²) in [6.45, 7) is 6.89. The van der Waals surface area contributed by atoms with Crippen LogP contribution in [0.1, 0.15) is 40.0 Å². The molecule has 4 unspecified atom stereocenters. The van der Waals surface area contributed by atoms with E-state index in [0.717, 1.165) is 19.3 Å². The van der Waals surface area contributed by atoms with Crippen LogP contribution in [-0.4, -0.2) is 44.1 Å². The monoisotopic (exact) mass is 276 g/mol. The molecule has 0 aromatic carbocycles. The highest BCUT2D eigenvalue weighted by Crippen LogP contribution is 2.25. The molecule has 0 radical (unpaired) electrons. The van der Waals surface area contributed by atoms with E-state index in [0.29, 0.717) is 19.0 Å². The molecular formula is C12H24N2O3S. The van der Waals surface area contributed by atoms with Gasteiger partial charge in [-0.1, -0.05) is 6.92 Å². The average molecular weight is 276 g/mol. The fourth-order valence-electron chi connectivity index (χ4n) is 2.93. The van der Waals surface area contributed by atoms with Gasteiger partial charge in [-0.25, -0.2) is 0 Å². The van der Waals surface area contributed by atoms with Crippen LogP contribution in [0.15, 0.2) is 0 Å². The molecule has 1 heterocycles. The molecule has 0 bridgehead atoms. The van der Waals surface area contributed by atoms with Crippen LogP contribution in [0.3, 0.4) is 0 Å². The Morgan fingerprint density at radius 2 is 1.72 bits per heavy atom. The molecule has 1 aliphatic carbocycles. The number of hydrogen-bond donors (Lipinski definition) is 1. The molecule has 2 fully saturated rings. The summed E-state index contributed by atoms with van der Waals surface area (Å²) in [5.74, 6) is 0.625. The Hall–Kier alpha value is -0.170. The zero-order chi connectivity index (χ0) is 13.3. The zero-order valence-corrected chi connectivity index (χ0v) is 12.2. The standard InChI is InChI=1S/C12H24N2O3S/c1-9-4-5-12(6-9)13-18(15,16)14-7-10(2)17-11(3)8-14/h9-13H,4-8H2,1-3H3. The lowest BCUT2D eigenvalue weighted by molar-refractivity contribution is -0.0444. The minimum Gasteiger partial charge on any atom is -0.373 e. The van der Waals surface area contributed by atoms with Crippen LogP contribution in [0.4, 0.5) is 0 Å². The predicted molar refractivity (Wildman–Crippen MR) is 70.4 cm³/mol. The van der Waals surface area contributed by atoms with Gasteiger partial charge in [0.25, 0.3) is 10.2 Å². The molecule has 106 valence electrons. The lowest BCUT2D eigenvalue weighted by atomic mass is 10.1. The first-order valence-electron chi connectivity index (χ1n) is 6.79. The second-order valence-corrected chi connectivity index (χ2v) is 7.51. The Labute approximate surface area is 110 Å². The van der Waals surface area contributed by atoms with Crippen LogP contribution in [0.5, 0.6) is 0 Å². The number of morpholine rings is 1. The lowest BCUT2D eigenvalue weighted by Gasteiger charge is -2.35. The Bertz CT molecular complexity index is 375. The minimum absolute atomic E-state index is 0.0344. The van der Waals surface area contributed by atoms with E-state index >= 15 is 0 Å². The second-order valence-electron chi connectivity index (χ2n) is 5.81. The average Bonchev–Trinajstić information content (AvgIpc) is 2.61. The molecule has 0 amide bonds. The summed E-state index contributed by atoms with van der Waals surface area (Å²) < 4.78 is 34.5. The van der Waals surface area contributed by atoms with Crippen molar-refractivity contribution in [1.82, 2.24) is 9.03 Å². The predicted octanol–water partition coefficient (Wildman–Crippen LogP) is 1.12. The zero-order valence-electron chi connectivity index (χ0n) is 11.4. The molecule has 4 atom stereocenters. The molecule has 5 nitrogen and oxygen atoms in total. The van der Waals surface area contributed by atoms with Crippen molar-refractivity contribution in [3.05, 3.63) is 0 Å². The van der Waals surface area contributed by atoms with Crippen molar-refractivity contribution in [2.24, 2.45) is 5.92 Å². The summed E-state index contributed by atoms with van der Waals surface area (Å²) in [5, 5.41) is 0. The van der Waals surface area contributed by atoms with Gasteiger partial charge in [0.05, 0.1) is 12.2 Å². The van der Waals surface area contributed by atoms with E-state index < -0.39 is 10.2 Å². The van der Waals surface area contributed by atoms with Crippen molar-refractivity contribution >= 4 is 10.2 Å². The van der Waals surface area contributed by atoms with Gasteiger partial charge in [0.15, 0.2) is 0 Å². The van der Waals surface area contributed by atoms with E-state index in [-0.39, 0.29) is 18.2 Å². The van der Waals surface area contributed by atoms with Crippen LogP contribution in [0.2, 0.25) is 0 Å². The number of rotatable bonds is 3. The molecule has 18 heavy (non-hydrogen) atoms. The second kappa shape index (κ2) is 5.45. The molecule has 1 saturated carbocycles. The summed E-state index contributed by atoms with van der Waals surface area (Å²) in [7, 11) is -3.35. The summed E-state index contributed by atoms with van der Waals surface area (Å²) in [5.41, 5.74) is 0. The Balaban J connectivity index is 1.97. The van der Waals surface area contributed by atoms with Crippen molar-refractivity contribution < 1.29 is 13.2 Å². The van der Waals surface area contributed by atoms with Crippen molar-refractivity contribution in [2.75, 3.05) is 13.1 Å². The number of nitrogens with one attached hydrogen (secondary N) is 1. The molecule has 1 N–H and O–H groups in total. The highest BCUT2D eigenvalue weighted by atomic mass is 32.2. The van der Waals surface area contributed by atoms with Crippen molar-refractivity contribution in [3.63, 3.8) is 0 Å². The summed E-state index contributed by atoms with van der Waals surface area (Å²) in [4.78, 5) is 0. The topological polar surface area (TPSA) is 58.6 Å². The quantitative estimate of drug-likeness (QED) is 0.840. The number of ether oxygens (including phenoxy) is 1. The molecule has 1 aliphatic heterocycles. The third kappa shape index (κ3) is 3.44. The van der Waals surface area contributed by atoms with Crippen LogP contribution in [0, 0.1) is 5.92 Å². The van der Waals surface area contributed by atoms with Gasteiger partial charge in [-0.3, -0.25) is 0 Å². The van der Waals surface area contributed by atoms with E-state index in [2.05, 4.69) is 11.6 Å². The molecule has 0 spiro atoms. The lowest BCUT2D eigenvalue weighted by Crippen LogP contribution is -2.53. The maximum atomic E-state index is 12.3. The van der Waals surface area contributed by atoms with Crippen LogP contribution in [-0.2, 0) is 14.9 Å². The SMILES string of the molecule is CC1CCC(NS(=O)(=O)N2CC(C)OC(C)C2)C1. The molecule has 2 rings (SSSR count). The molecule has 1 saturated heterocycles. The van der Waals surface area contributed by atoms with Gasteiger partial charge in [0, 0.05) is 19.1 Å². The number of nitrogens with zero attached hydrogens (tertiary/aromatic N) is 1. The fraction of sp³-hybridized carbons (Fsp3) is 1.00. The van der Waals surface area contributed by atoms with Crippen LogP contribution >= 0.6 is 0 Å².